The van der Waals surface area contributed by atoms with Gasteiger partial charge in [-0.3, -0.25) is 4.79 Å². The second-order valence-electron chi connectivity index (χ2n) is 5.71. The highest BCUT2D eigenvalue weighted by molar-refractivity contribution is 5.57. The first-order valence-corrected chi connectivity index (χ1v) is 7.99. The first-order chi connectivity index (χ1) is 12.9. The van der Waals surface area contributed by atoms with Gasteiger partial charge in [-0.1, -0.05) is 12.1 Å². The SMILES string of the molecule is O=c1ccc(-c2ccc(F)cc2)nn1C[C@@H](O)c1ccc(OC(F)F)cc1. The van der Waals surface area contributed by atoms with Gasteiger partial charge < -0.3 is 9.84 Å². The zero-order valence-electron chi connectivity index (χ0n) is 13.9. The van der Waals surface area contributed by atoms with Crippen LogP contribution in [0.3, 0.4) is 0 Å². The Kier molecular flexibility index (Phi) is 5.56. The van der Waals surface area contributed by atoms with Crippen LogP contribution in [-0.2, 0) is 6.54 Å². The van der Waals surface area contributed by atoms with E-state index in [0.717, 1.165) is 4.68 Å². The van der Waals surface area contributed by atoms with Crippen molar-refractivity contribution >= 4 is 0 Å². The molecule has 1 atom stereocenters. The van der Waals surface area contributed by atoms with E-state index in [1.54, 1.807) is 0 Å². The highest BCUT2D eigenvalue weighted by Crippen LogP contribution is 2.21. The summed E-state index contributed by atoms with van der Waals surface area (Å²) in [7, 11) is 0. The molecule has 0 bridgehead atoms. The number of alkyl halides is 2. The first-order valence-electron chi connectivity index (χ1n) is 7.99. The van der Waals surface area contributed by atoms with Crippen LogP contribution in [0.4, 0.5) is 13.2 Å². The molecule has 0 aliphatic rings. The molecule has 27 heavy (non-hydrogen) atoms. The summed E-state index contributed by atoms with van der Waals surface area (Å²) in [6, 6.07) is 13.9. The number of hydrogen-bond acceptors (Lipinski definition) is 4. The number of aromatic nitrogens is 2. The van der Waals surface area contributed by atoms with Crippen molar-refractivity contribution in [3.63, 3.8) is 0 Å². The average Bonchev–Trinajstić information content (AvgIpc) is 2.64. The van der Waals surface area contributed by atoms with Gasteiger partial charge in [0.2, 0.25) is 0 Å². The molecule has 140 valence electrons. The predicted molar refractivity (Wildman–Crippen MR) is 91.9 cm³/mol. The molecule has 5 nitrogen and oxygen atoms in total. The Morgan fingerprint density at radius 3 is 2.30 bits per heavy atom. The molecule has 3 aromatic rings. The summed E-state index contributed by atoms with van der Waals surface area (Å²) in [5.74, 6) is -0.420. The Bertz CT molecular complexity index is 957. The molecular formula is C19H15F3N2O3. The molecule has 3 rings (SSSR count). The molecule has 0 fully saturated rings. The lowest BCUT2D eigenvalue weighted by atomic mass is 10.1. The van der Waals surface area contributed by atoms with Gasteiger partial charge in [-0.05, 0) is 48.0 Å². The molecule has 0 radical (unpaired) electrons. The van der Waals surface area contributed by atoms with Crippen molar-refractivity contribution in [3.8, 4) is 17.0 Å². The molecule has 0 saturated carbocycles. The maximum absolute atomic E-state index is 13.0. The molecule has 2 aromatic carbocycles. The van der Waals surface area contributed by atoms with E-state index >= 15 is 0 Å². The van der Waals surface area contributed by atoms with Gasteiger partial charge in [0.1, 0.15) is 11.6 Å². The largest absolute Gasteiger partial charge is 0.435 e. The summed E-state index contributed by atoms with van der Waals surface area (Å²) in [6.07, 6.45) is -1.08. The second-order valence-corrected chi connectivity index (χ2v) is 5.71. The Morgan fingerprint density at radius 2 is 1.67 bits per heavy atom. The summed E-state index contributed by atoms with van der Waals surface area (Å²) in [4.78, 5) is 12.0. The van der Waals surface area contributed by atoms with Crippen molar-refractivity contribution in [1.29, 1.82) is 0 Å². The van der Waals surface area contributed by atoms with E-state index in [9.17, 15) is 23.1 Å². The van der Waals surface area contributed by atoms with Crippen LogP contribution in [-0.4, -0.2) is 21.5 Å². The molecular weight excluding hydrogens is 361 g/mol. The van der Waals surface area contributed by atoms with Gasteiger partial charge >= 0.3 is 6.61 Å². The van der Waals surface area contributed by atoms with Crippen molar-refractivity contribution < 1.29 is 23.0 Å². The normalized spacial score (nSPS) is 12.2. The molecule has 0 amide bonds. The fourth-order valence-corrected chi connectivity index (χ4v) is 2.49. The minimum absolute atomic E-state index is 0.0328. The van der Waals surface area contributed by atoms with Crippen LogP contribution >= 0.6 is 0 Å². The summed E-state index contributed by atoms with van der Waals surface area (Å²) in [6.45, 7) is -3.07. The van der Waals surface area contributed by atoms with Crippen LogP contribution in [0, 0.1) is 5.82 Å². The van der Waals surface area contributed by atoms with Gasteiger partial charge in [0, 0.05) is 11.6 Å². The van der Waals surface area contributed by atoms with Crippen LogP contribution in [0.1, 0.15) is 11.7 Å². The predicted octanol–water partition coefficient (Wildman–Crippen LogP) is 3.38. The van der Waals surface area contributed by atoms with Gasteiger partial charge in [-0.2, -0.15) is 13.9 Å². The highest BCUT2D eigenvalue weighted by Gasteiger charge is 2.12. The lowest BCUT2D eigenvalue weighted by Crippen LogP contribution is -2.25. The fraction of sp³-hybridized carbons (Fsp3) is 0.158. The third kappa shape index (κ3) is 4.73. The van der Waals surface area contributed by atoms with Crippen molar-refractivity contribution in [3.05, 3.63) is 82.4 Å². The highest BCUT2D eigenvalue weighted by atomic mass is 19.3. The summed E-state index contributed by atoms with van der Waals surface area (Å²) in [5.41, 5.74) is 1.06. The number of aliphatic hydroxyl groups is 1. The number of hydrogen-bond donors (Lipinski definition) is 1. The van der Waals surface area contributed by atoms with E-state index in [-0.39, 0.29) is 18.1 Å². The van der Waals surface area contributed by atoms with Crippen LogP contribution in [0.15, 0.2) is 65.5 Å². The van der Waals surface area contributed by atoms with Gasteiger partial charge in [0.05, 0.1) is 18.3 Å². The smallest absolute Gasteiger partial charge is 0.387 e. The monoisotopic (exact) mass is 376 g/mol. The Morgan fingerprint density at radius 1 is 1.00 bits per heavy atom. The molecule has 1 aromatic heterocycles. The molecule has 1 heterocycles. The maximum atomic E-state index is 13.0. The van der Waals surface area contributed by atoms with E-state index in [4.69, 9.17) is 0 Å². The molecule has 1 N–H and O–H groups in total. The quantitative estimate of drug-likeness (QED) is 0.716. The molecule has 0 unspecified atom stereocenters. The van der Waals surface area contributed by atoms with Crippen molar-refractivity contribution in [1.82, 2.24) is 9.78 Å². The molecule has 0 saturated heterocycles. The third-order valence-corrected chi connectivity index (χ3v) is 3.84. The first kappa shape index (κ1) is 18.7. The number of rotatable bonds is 6. The number of ether oxygens (including phenoxy) is 1. The van der Waals surface area contributed by atoms with Crippen molar-refractivity contribution in [2.75, 3.05) is 0 Å². The van der Waals surface area contributed by atoms with Crippen LogP contribution in [0.25, 0.3) is 11.3 Å². The Balaban J connectivity index is 1.79. The van der Waals surface area contributed by atoms with Crippen LogP contribution in [0.5, 0.6) is 5.75 Å². The van der Waals surface area contributed by atoms with E-state index in [1.165, 1.54) is 60.7 Å². The average molecular weight is 376 g/mol. The standard InChI is InChI=1S/C19H15F3N2O3/c20-14-5-1-12(2-6-14)16-9-10-18(26)24(23-16)11-17(25)13-3-7-15(8-4-13)27-19(21)22/h1-10,17,19,25H,11H2/t17-/m1/s1. The zero-order valence-corrected chi connectivity index (χ0v) is 13.9. The minimum Gasteiger partial charge on any atom is -0.435 e. The summed E-state index contributed by atoms with van der Waals surface area (Å²) < 4.78 is 42.7. The Hall–Kier alpha value is -3.13. The van der Waals surface area contributed by atoms with Crippen molar-refractivity contribution in [2.24, 2.45) is 0 Å². The summed E-state index contributed by atoms with van der Waals surface area (Å²) in [5, 5.41) is 14.5. The second kappa shape index (κ2) is 8.05. The topological polar surface area (TPSA) is 64.4 Å². The van der Waals surface area contributed by atoms with Crippen molar-refractivity contribution in [2.45, 2.75) is 19.3 Å². The van der Waals surface area contributed by atoms with E-state index in [1.807, 2.05) is 0 Å². The van der Waals surface area contributed by atoms with Gasteiger partial charge in [0.15, 0.2) is 0 Å². The van der Waals surface area contributed by atoms with E-state index < -0.39 is 18.3 Å². The molecule has 0 aliphatic carbocycles. The number of nitrogens with zero attached hydrogens (tertiary/aromatic N) is 2. The van der Waals surface area contributed by atoms with Gasteiger partial charge in [0.25, 0.3) is 5.56 Å². The molecule has 0 aliphatic heterocycles. The van der Waals surface area contributed by atoms with Gasteiger partial charge in [-0.25, -0.2) is 9.07 Å². The van der Waals surface area contributed by atoms with Gasteiger partial charge in [-0.15, -0.1) is 0 Å². The van der Waals surface area contributed by atoms with Crippen LogP contribution < -0.4 is 10.3 Å². The Labute approximate surface area is 152 Å². The third-order valence-electron chi connectivity index (χ3n) is 3.84. The lowest BCUT2D eigenvalue weighted by molar-refractivity contribution is -0.0498. The number of benzene rings is 2. The number of halogens is 3. The van der Waals surface area contributed by atoms with E-state index in [0.29, 0.717) is 16.8 Å². The lowest BCUT2D eigenvalue weighted by Gasteiger charge is -2.14. The minimum atomic E-state index is -2.93. The van der Waals surface area contributed by atoms with Crippen LogP contribution in [0.2, 0.25) is 0 Å². The summed E-state index contributed by atoms with van der Waals surface area (Å²) >= 11 is 0. The number of aliphatic hydroxyl groups excluding tert-OH is 1. The van der Waals surface area contributed by atoms with E-state index in [2.05, 4.69) is 9.84 Å². The molecule has 0 spiro atoms. The maximum Gasteiger partial charge on any atom is 0.387 e. The fourth-order valence-electron chi connectivity index (χ4n) is 2.49. The zero-order chi connectivity index (χ0) is 19.4. The molecule has 8 heteroatoms.